The molecule has 0 aliphatic heterocycles. The Kier molecular flexibility index (Phi) is 5.20. The van der Waals surface area contributed by atoms with Gasteiger partial charge in [0.25, 0.3) is 0 Å². The molecule has 0 saturated heterocycles. The van der Waals surface area contributed by atoms with Gasteiger partial charge in [0.15, 0.2) is 0 Å². The minimum absolute atomic E-state index is 0.0460. The summed E-state index contributed by atoms with van der Waals surface area (Å²) in [6.07, 6.45) is 4.84. The van der Waals surface area contributed by atoms with Crippen molar-refractivity contribution in [2.45, 2.75) is 59.5 Å². The molecule has 118 valence electrons. The van der Waals surface area contributed by atoms with Gasteiger partial charge in [-0.2, -0.15) is 15.0 Å². The summed E-state index contributed by atoms with van der Waals surface area (Å²) < 4.78 is 5.61. The maximum absolute atomic E-state index is 5.61. The first-order valence-electron chi connectivity index (χ1n) is 7.97. The van der Waals surface area contributed by atoms with Crippen LogP contribution in [-0.4, -0.2) is 34.1 Å². The molecular weight excluding hydrogens is 266 g/mol. The van der Waals surface area contributed by atoms with Gasteiger partial charge in [0, 0.05) is 13.1 Å². The zero-order chi connectivity index (χ0) is 15.3. The fraction of sp³-hybridized carbons (Fsp3) is 0.800. The molecule has 1 aromatic rings. The Morgan fingerprint density at radius 3 is 2.29 bits per heavy atom. The number of rotatable bonds is 9. The van der Waals surface area contributed by atoms with E-state index < -0.39 is 0 Å². The fourth-order valence-electron chi connectivity index (χ4n) is 2.11. The number of aromatic nitrogens is 3. The van der Waals surface area contributed by atoms with Crippen molar-refractivity contribution < 1.29 is 4.74 Å². The number of nitrogens with one attached hydrogen (secondary N) is 2. The molecule has 1 saturated carbocycles. The van der Waals surface area contributed by atoms with E-state index in [1.807, 2.05) is 13.8 Å². The molecule has 2 N–H and O–H groups in total. The highest BCUT2D eigenvalue weighted by Gasteiger charge is 2.40. The second-order valence-corrected chi connectivity index (χ2v) is 6.07. The Morgan fingerprint density at radius 1 is 1.10 bits per heavy atom. The zero-order valence-corrected chi connectivity index (χ0v) is 13.6. The smallest absolute Gasteiger partial charge is 0.323 e. The molecule has 6 heteroatoms. The molecule has 1 aliphatic rings. The van der Waals surface area contributed by atoms with Crippen LogP contribution in [0.1, 0.15) is 53.4 Å². The summed E-state index contributed by atoms with van der Waals surface area (Å²) in [7, 11) is 0. The van der Waals surface area contributed by atoms with Crippen molar-refractivity contribution in [2.24, 2.45) is 5.41 Å². The third-order valence-electron chi connectivity index (χ3n) is 3.82. The molecule has 0 unspecified atom stereocenters. The monoisotopic (exact) mass is 293 g/mol. The predicted molar refractivity (Wildman–Crippen MR) is 84.8 cm³/mol. The molecule has 0 amide bonds. The summed E-state index contributed by atoms with van der Waals surface area (Å²) in [5.74, 6) is 1.17. The van der Waals surface area contributed by atoms with Crippen LogP contribution in [0.5, 0.6) is 6.01 Å². The van der Waals surface area contributed by atoms with E-state index in [9.17, 15) is 0 Å². The van der Waals surface area contributed by atoms with Crippen molar-refractivity contribution in [1.82, 2.24) is 15.0 Å². The molecule has 1 heterocycles. The van der Waals surface area contributed by atoms with E-state index >= 15 is 0 Å². The highest BCUT2D eigenvalue weighted by molar-refractivity contribution is 5.36. The topological polar surface area (TPSA) is 72.0 Å². The van der Waals surface area contributed by atoms with E-state index in [1.165, 1.54) is 19.3 Å². The lowest BCUT2D eigenvalue weighted by molar-refractivity contribution is 0.222. The Balaban J connectivity index is 2.06. The van der Waals surface area contributed by atoms with Gasteiger partial charge in [-0.25, -0.2) is 0 Å². The standard InChI is InChI=1S/C15H27N5O/c1-5-9-16-12-18-13(17-10-15(6-2)7-8-15)20-14(19-12)21-11(3)4/h11H,5-10H2,1-4H3,(H2,16,17,18,19,20). The maximum atomic E-state index is 5.61. The molecule has 0 radical (unpaired) electrons. The highest BCUT2D eigenvalue weighted by atomic mass is 16.5. The van der Waals surface area contributed by atoms with Crippen LogP contribution >= 0.6 is 0 Å². The van der Waals surface area contributed by atoms with Crippen molar-refractivity contribution in [1.29, 1.82) is 0 Å². The Labute approximate surface area is 127 Å². The lowest BCUT2D eigenvalue weighted by Gasteiger charge is -2.15. The van der Waals surface area contributed by atoms with E-state index in [1.54, 1.807) is 0 Å². The molecule has 1 fully saturated rings. The quantitative estimate of drug-likeness (QED) is 0.729. The number of ether oxygens (including phenoxy) is 1. The molecule has 1 aliphatic carbocycles. The minimum atomic E-state index is 0.0460. The first-order chi connectivity index (χ1) is 10.1. The summed E-state index contributed by atoms with van der Waals surface area (Å²) >= 11 is 0. The van der Waals surface area contributed by atoms with Gasteiger partial charge in [-0.15, -0.1) is 0 Å². The molecule has 2 rings (SSSR count). The van der Waals surface area contributed by atoms with Crippen molar-refractivity contribution in [3.63, 3.8) is 0 Å². The Bertz CT molecular complexity index is 459. The van der Waals surface area contributed by atoms with E-state index in [0.29, 0.717) is 23.3 Å². The average Bonchev–Trinajstić information content (AvgIpc) is 3.23. The third-order valence-corrected chi connectivity index (χ3v) is 3.82. The average molecular weight is 293 g/mol. The largest absolute Gasteiger partial charge is 0.461 e. The van der Waals surface area contributed by atoms with Gasteiger partial charge < -0.3 is 15.4 Å². The van der Waals surface area contributed by atoms with Crippen LogP contribution in [0, 0.1) is 5.41 Å². The Morgan fingerprint density at radius 2 is 1.76 bits per heavy atom. The lowest BCUT2D eigenvalue weighted by Crippen LogP contribution is -2.18. The number of nitrogens with zero attached hydrogens (tertiary/aromatic N) is 3. The van der Waals surface area contributed by atoms with Gasteiger partial charge in [0.2, 0.25) is 11.9 Å². The van der Waals surface area contributed by atoms with E-state index in [4.69, 9.17) is 4.74 Å². The summed E-state index contributed by atoms with van der Waals surface area (Å²) in [6.45, 7) is 10.0. The number of anilines is 2. The molecular formula is C15H27N5O. The normalized spacial score (nSPS) is 15.9. The van der Waals surface area contributed by atoms with Gasteiger partial charge in [-0.1, -0.05) is 13.8 Å². The van der Waals surface area contributed by atoms with Gasteiger partial charge >= 0.3 is 6.01 Å². The molecule has 0 spiro atoms. The second kappa shape index (κ2) is 6.91. The highest BCUT2D eigenvalue weighted by Crippen LogP contribution is 2.48. The van der Waals surface area contributed by atoms with Crippen molar-refractivity contribution >= 4 is 11.9 Å². The SMILES string of the molecule is CCCNc1nc(NCC2(CC)CC2)nc(OC(C)C)n1. The van der Waals surface area contributed by atoms with Crippen LogP contribution < -0.4 is 15.4 Å². The van der Waals surface area contributed by atoms with Crippen LogP contribution in [0.3, 0.4) is 0 Å². The minimum Gasteiger partial charge on any atom is -0.461 e. The number of hydrogen-bond acceptors (Lipinski definition) is 6. The van der Waals surface area contributed by atoms with E-state index in [-0.39, 0.29) is 6.10 Å². The van der Waals surface area contributed by atoms with Crippen LogP contribution in [0.25, 0.3) is 0 Å². The van der Waals surface area contributed by atoms with Gasteiger partial charge in [-0.05, 0) is 44.9 Å². The van der Waals surface area contributed by atoms with Crippen molar-refractivity contribution in [2.75, 3.05) is 23.7 Å². The van der Waals surface area contributed by atoms with Crippen LogP contribution in [-0.2, 0) is 0 Å². The number of hydrogen-bond donors (Lipinski definition) is 2. The molecule has 21 heavy (non-hydrogen) atoms. The van der Waals surface area contributed by atoms with E-state index in [2.05, 4.69) is 39.4 Å². The van der Waals surface area contributed by atoms with Crippen LogP contribution in [0.4, 0.5) is 11.9 Å². The second-order valence-electron chi connectivity index (χ2n) is 6.07. The molecule has 0 aromatic carbocycles. The third kappa shape index (κ3) is 4.72. The summed E-state index contributed by atoms with van der Waals surface area (Å²) in [4.78, 5) is 13.1. The lowest BCUT2D eigenvalue weighted by atomic mass is 10.0. The zero-order valence-electron chi connectivity index (χ0n) is 13.6. The van der Waals surface area contributed by atoms with Crippen molar-refractivity contribution in [3.05, 3.63) is 0 Å². The van der Waals surface area contributed by atoms with E-state index in [0.717, 1.165) is 19.5 Å². The van der Waals surface area contributed by atoms with Gasteiger partial charge in [0.1, 0.15) is 0 Å². The van der Waals surface area contributed by atoms with Crippen molar-refractivity contribution in [3.8, 4) is 6.01 Å². The molecule has 0 bridgehead atoms. The molecule has 1 aromatic heterocycles. The summed E-state index contributed by atoms with van der Waals surface area (Å²) in [5.41, 5.74) is 0.447. The molecule has 6 nitrogen and oxygen atoms in total. The summed E-state index contributed by atoms with van der Waals surface area (Å²) in [6, 6.07) is 0.377. The first-order valence-corrected chi connectivity index (χ1v) is 7.97. The van der Waals surface area contributed by atoms with Gasteiger partial charge in [0.05, 0.1) is 6.10 Å². The van der Waals surface area contributed by atoms with Gasteiger partial charge in [-0.3, -0.25) is 0 Å². The Hall–Kier alpha value is -1.59. The predicted octanol–water partition coefficient (Wildman–Crippen LogP) is 3.08. The molecule has 0 atom stereocenters. The van der Waals surface area contributed by atoms with Crippen LogP contribution in [0.15, 0.2) is 0 Å². The van der Waals surface area contributed by atoms with Crippen LogP contribution in [0.2, 0.25) is 0 Å². The fourth-order valence-corrected chi connectivity index (χ4v) is 2.11. The maximum Gasteiger partial charge on any atom is 0.323 e. The first kappa shape index (κ1) is 15.8. The summed E-state index contributed by atoms with van der Waals surface area (Å²) in [5, 5.41) is 6.54.